The number of aromatic nitrogens is 3. The molecular formula is C63H41N3O. The van der Waals surface area contributed by atoms with Crippen LogP contribution >= 0.6 is 0 Å². The fourth-order valence-corrected chi connectivity index (χ4v) is 9.10. The molecule has 2 heterocycles. The van der Waals surface area contributed by atoms with Crippen LogP contribution in [0.3, 0.4) is 0 Å². The Bertz CT molecular complexity index is 3630. The zero-order valence-electron chi connectivity index (χ0n) is 36.4. The van der Waals surface area contributed by atoms with Crippen molar-refractivity contribution in [3.63, 3.8) is 0 Å². The van der Waals surface area contributed by atoms with E-state index in [4.69, 9.17) is 19.4 Å². The molecule has 67 heavy (non-hydrogen) atoms. The second-order valence-electron chi connectivity index (χ2n) is 16.8. The number of benzene rings is 10. The van der Waals surface area contributed by atoms with Gasteiger partial charge in [-0.1, -0.05) is 206 Å². The van der Waals surface area contributed by atoms with Crippen LogP contribution in [0.1, 0.15) is 0 Å². The molecule has 0 amide bonds. The standard InChI is InChI=1S/C63H41N3O/c1-6-16-42(17-7-1)47-26-30-49(31-27-47)57-39-54(46-24-14-5-15-25-46)41-59-60(57)56-35-34-51(40-58(56)67-59)62-64-61(50-32-28-48(29-33-50)43-18-8-2-9-19-43)65-63(66-62)55-37-52(44-20-10-3-11-21-44)36-53(38-55)45-22-12-4-13-23-45/h1-41H. The Morgan fingerprint density at radius 2 is 0.552 bits per heavy atom. The third-order valence-electron chi connectivity index (χ3n) is 12.5. The Balaban J connectivity index is 1.02. The second-order valence-corrected chi connectivity index (χ2v) is 16.8. The molecule has 0 saturated heterocycles. The lowest BCUT2D eigenvalue weighted by molar-refractivity contribution is 0.669. The molecule has 0 aliphatic carbocycles. The van der Waals surface area contributed by atoms with E-state index in [9.17, 15) is 0 Å². The third-order valence-corrected chi connectivity index (χ3v) is 12.5. The minimum atomic E-state index is 0.558. The molecule has 12 aromatic rings. The molecule has 0 bridgehead atoms. The summed E-state index contributed by atoms with van der Waals surface area (Å²) < 4.78 is 6.88. The zero-order chi connectivity index (χ0) is 44.5. The lowest BCUT2D eigenvalue weighted by atomic mass is 9.93. The van der Waals surface area contributed by atoms with Crippen molar-refractivity contribution >= 4 is 21.9 Å². The first-order chi connectivity index (χ1) is 33.2. The summed E-state index contributed by atoms with van der Waals surface area (Å²) in [5, 5.41) is 2.09. The summed E-state index contributed by atoms with van der Waals surface area (Å²) in [5.41, 5.74) is 17.7. The highest BCUT2D eigenvalue weighted by Crippen LogP contribution is 2.42. The first-order valence-corrected chi connectivity index (χ1v) is 22.6. The Morgan fingerprint density at radius 3 is 1.03 bits per heavy atom. The number of rotatable bonds is 9. The summed E-state index contributed by atoms with van der Waals surface area (Å²) in [6.45, 7) is 0. The van der Waals surface area contributed by atoms with E-state index in [2.05, 4.69) is 224 Å². The minimum absolute atomic E-state index is 0.558. The van der Waals surface area contributed by atoms with Crippen LogP contribution in [-0.2, 0) is 0 Å². The van der Waals surface area contributed by atoms with Crippen LogP contribution in [0.25, 0.3) is 123 Å². The maximum Gasteiger partial charge on any atom is 0.164 e. The van der Waals surface area contributed by atoms with Gasteiger partial charge < -0.3 is 4.42 Å². The van der Waals surface area contributed by atoms with E-state index in [0.29, 0.717) is 17.5 Å². The van der Waals surface area contributed by atoms with Gasteiger partial charge in [0.25, 0.3) is 0 Å². The van der Waals surface area contributed by atoms with Crippen LogP contribution in [-0.4, -0.2) is 15.0 Å². The average molecular weight is 856 g/mol. The van der Waals surface area contributed by atoms with Gasteiger partial charge in [-0.3, -0.25) is 0 Å². The summed E-state index contributed by atoms with van der Waals surface area (Å²) in [5.74, 6) is 1.73. The fraction of sp³-hybridized carbons (Fsp3) is 0. The molecule has 0 N–H and O–H groups in total. The fourth-order valence-electron chi connectivity index (χ4n) is 9.10. The largest absolute Gasteiger partial charge is 0.456 e. The Hall–Kier alpha value is -8.99. The number of fused-ring (bicyclic) bond motifs is 3. The normalized spacial score (nSPS) is 11.3. The molecule has 0 aliphatic rings. The zero-order valence-corrected chi connectivity index (χ0v) is 36.4. The van der Waals surface area contributed by atoms with Crippen molar-refractivity contribution < 1.29 is 4.42 Å². The SMILES string of the molecule is c1ccc(-c2ccc(-c3nc(-c4cc(-c5ccccc5)cc(-c5ccccc5)c4)nc(-c4ccc5c(c4)oc4cc(-c6ccccc6)cc(-c6ccc(-c7ccccc7)cc6)c45)n3)cc2)cc1. The van der Waals surface area contributed by atoms with Gasteiger partial charge in [0.05, 0.1) is 0 Å². The van der Waals surface area contributed by atoms with Crippen molar-refractivity contribution in [2.24, 2.45) is 0 Å². The van der Waals surface area contributed by atoms with Gasteiger partial charge in [0.2, 0.25) is 0 Å². The highest BCUT2D eigenvalue weighted by Gasteiger charge is 2.19. The quantitative estimate of drug-likeness (QED) is 0.145. The second kappa shape index (κ2) is 17.2. The predicted octanol–water partition coefficient (Wildman–Crippen LogP) is 16.8. The van der Waals surface area contributed by atoms with Gasteiger partial charge in [-0.2, -0.15) is 0 Å². The van der Waals surface area contributed by atoms with Crippen LogP contribution < -0.4 is 0 Å². The van der Waals surface area contributed by atoms with Crippen LogP contribution in [0.5, 0.6) is 0 Å². The van der Waals surface area contributed by atoms with Crippen molar-refractivity contribution in [3.05, 3.63) is 249 Å². The first kappa shape index (κ1) is 39.6. The minimum Gasteiger partial charge on any atom is -0.456 e. The molecule has 0 spiro atoms. The lowest BCUT2D eigenvalue weighted by Crippen LogP contribution is -2.00. The Labute approximate surface area is 389 Å². The van der Waals surface area contributed by atoms with Crippen LogP contribution in [0.15, 0.2) is 253 Å². The Kier molecular flexibility index (Phi) is 10.2. The summed E-state index contributed by atoms with van der Waals surface area (Å²) >= 11 is 0. The van der Waals surface area contributed by atoms with Crippen molar-refractivity contribution in [3.8, 4) is 101 Å². The lowest BCUT2D eigenvalue weighted by Gasteiger charge is -2.13. The number of hydrogen-bond donors (Lipinski definition) is 0. The maximum atomic E-state index is 6.88. The topological polar surface area (TPSA) is 51.8 Å². The van der Waals surface area contributed by atoms with E-state index in [-0.39, 0.29) is 0 Å². The molecule has 10 aromatic carbocycles. The van der Waals surface area contributed by atoms with E-state index in [1.165, 1.54) is 11.1 Å². The van der Waals surface area contributed by atoms with Crippen LogP contribution in [0.2, 0.25) is 0 Å². The molecule has 0 aliphatic heterocycles. The summed E-state index contributed by atoms with van der Waals surface area (Å²) in [6, 6.07) is 87.1. The van der Waals surface area contributed by atoms with Crippen LogP contribution in [0, 0.1) is 0 Å². The van der Waals surface area contributed by atoms with E-state index >= 15 is 0 Å². The molecule has 0 saturated carbocycles. The molecule has 0 fully saturated rings. The van der Waals surface area contributed by atoms with Gasteiger partial charge in [0.1, 0.15) is 11.2 Å². The number of hydrogen-bond acceptors (Lipinski definition) is 4. The van der Waals surface area contributed by atoms with Crippen molar-refractivity contribution in [2.45, 2.75) is 0 Å². The summed E-state index contributed by atoms with van der Waals surface area (Å²) in [6.07, 6.45) is 0. The van der Waals surface area contributed by atoms with Crippen LogP contribution in [0.4, 0.5) is 0 Å². The maximum absolute atomic E-state index is 6.88. The smallest absolute Gasteiger partial charge is 0.164 e. The van der Waals surface area contributed by atoms with Crippen molar-refractivity contribution in [1.82, 2.24) is 15.0 Å². The molecular weight excluding hydrogens is 815 g/mol. The molecule has 314 valence electrons. The van der Waals surface area contributed by atoms with Gasteiger partial charge in [0, 0.05) is 27.5 Å². The van der Waals surface area contributed by atoms with Gasteiger partial charge in [-0.25, -0.2) is 15.0 Å². The van der Waals surface area contributed by atoms with Gasteiger partial charge in [-0.15, -0.1) is 0 Å². The first-order valence-electron chi connectivity index (χ1n) is 22.6. The van der Waals surface area contributed by atoms with E-state index < -0.39 is 0 Å². The van der Waals surface area contributed by atoms with E-state index in [1.807, 2.05) is 24.3 Å². The molecule has 0 atom stereocenters. The average Bonchev–Trinajstić information content (AvgIpc) is 3.80. The Morgan fingerprint density at radius 1 is 0.224 bits per heavy atom. The molecule has 4 heteroatoms. The summed E-state index contributed by atoms with van der Waals surface area (Å²) in [4.78, 5) is 15.7. The predicted molar refractivity (Wildman–Crippen MR) is 276 cm³/mol. The highest BCUT2D eigenvalue weighted by atomic mass is 16.3. The third kappa shape index (κ3) is 7.88. The number of nitrogens with zero attached hydrogens (tertiary/aromatic N) is 3. The van der Waals surface area contributed by atoms with Crippen molar-refractivity contribution in [2.75, 3.05) is 0 Å². The van der Waals surface area contributed by atoms with Crippen molar-refractivity contribution in [1.29, 1.82) is 0 Å². The highest BCUT2D eigenvalue weighted by molar-refractivity contribution is 6.14. The van der Waals surface area contributed by atoms with Gasteiger partial charge in [-0.05, 0) is 109 Å². The molecule has 4 nitrogen and oxygen atoms in total. The number of furan rings is 1. The molecule has 0 unspecified atom stereocenters. The van der Waals surface area contributed by atoms with Gasteiger partial charge >= 0.3 is 0 Å². The molecule has 12 rings (SSSR count). The molecule has 2 aromatic heterocycles. The molecule has 0 radical (unpaired) electrons. The monoisotopic (exact) mass is 855 g/mol. The van der Waals surface area contributed by atoms with E-state index in [1.54, 1.807) is 0 Å². The summed E-state index contributed by atoms with van der Waals surface area (Å²) in [7, 11) is 0. The van der Waals surface area contributed by atoms with Gasteiger partial charge in [0.15, 0.2) is 17.5 Å². The van der Waals surface area contributed by atoms with E-state index in [0.717, 1.165) is 94.3 Å².